The van der Waals surface area contributed by atoms with Crippen molar-refractivity contribution in [2.75, 3.05) is 7.05 Å². The molecule has 7 nitrogen and oxygen atoms in total. The number of carboxylic acid groups (broad SMARTS) is 1. The molecule has 0 bridgehead atoms. The summed E-state index contributed by atoms with van der Waals surface area (Å²) in [7, 11) is 1.42. The number of carbonyl (C=O) groups excluding carboxylic acids is 2. The molecule has 22 heavy (non-hydrogen) atoms. The Labute approximate surface area is 129 Å². The quantitative estimate of drug-likeness (QED) is 0.417. The number of carboxylic acids is 1. The van der Waals surface area contributed by atoms with E-state index in [2.05, 4.69) is 22.5 Å². The highest BCUT2D eigenvalue weighted by Gasteiger charge is 2.17. The molecule has 7 heteroatoms. The van der Waals surface area contributed by atoms with Gasteiger partial charge in [-0.3, -0.25) is 4.79 Å². The number of carbonyl (C=O) groups is 3. The van der Waals surface area contributed by atoms with Crippen LogP contribution in [0.4, 0.5) is 4.79 Å². The van der Waals surface area contributed by atoms with Gasteiger partial charge in [-0.1, -0.05) is 30.4 Å². The van der Waals surface area contributed by atoms with Gasteiger partial charge in [0.05, 0.1) is 0 Å². The predicted octanol–water partition coefficient (Wildman–Crippen LogP) is 1.08. The summed E-state index contributed by atoms with van der Waals surface area (Å²) in [6, 6.07) is -1.75. The fourth-order valence-corrected chi connectivity index (χ4v) is 1.14. The summed E-state index contributed by atoms with van der Waals surface area (Å²) in [6.07, 6.45) is 7.21. The molecule has 4 N–H and O–H groups in total. The van der Waals surface area contributed by atoms with Crippen LogP contribution in [-0.4, -0.2) is 36.1 Å². The monoisotopic (exact) mass is 307 g/mol. The van der Waals surface area contributed by atoms with Crippen LogP contribution in [0.2, 0.25) is 0 Å². The molecule has 0 saturated carbocycles. The SMILES string of the molecule is C=C/C(C)=C\C=C(/C)C(=O)NC(C=CNC(=O)NC)C(=O)O. The zero-order valence-corrected chi connectivity index (χ0v) is 12.8. The first kappa shape index (κ1) is 19.2. The van der Waals surface area contributed by atoms with E-state index >= 15 is 0 Å². The van der Waals surface area contributed by atoms with Gasteiger partial charge in [-0.15, -0.1) is 0 Å². The Bertz CT molecular complexity index is 533. The Hall–Kier alpha value is -2.83. The summed E-state index contributed by atoms with van der Waals surface area (Å²) in [5.74, 6) is -1.76. The molecule has 1 unspecified atom stereocenters. The van der Waals surface area contributed by atoms with E-state index in [1.54, 1.807) is 25.2 Å². The van der Waals surface area contributed by atoms with Gasteiger partial charge >= 0.3 is 12.0 Å². The van der Waals surface area contributed by atoms with Crippen LogP contribution in [-0.2, 0) is 9.59 Å². The normalized spacial score (nSPS) is 13.4. The minimum atomic E-state index is -1.25. The van der Waals surface area contributed by atoms with Crippen molar-refractivity contribution in [2.45, 2.75) is 19.9 Å². The van der Waals surface area contributed by atoms with Gasteiger partial charge in [-0.25, -0.2) is 9.59 Å². The van der Waals surface area contributed by atoms with Crippen LogP contribution < -0.4 is 16.0 Å². The van der Waals surface area contributed by atoms with Crippen molar-refractivity contribution in [3.8, 4) is 0 Å². The maximum atomic E-state index is 11.9. The van der Waals surface area contributed by atoms with Gasteiger partial charge in [-0.05, 0) is 19.9 Å². The highest BCUT2D eigenvalue weighted by molar-refractivity contribution is 5.96. The molecule has 0 aliphatic heterocycles. The number of amides is 3. The molecule has 1 atom stereocenters. The van der Waals surface area contributed by atoms with Crippen LogP contribution in [0.3, 0.4) is 0 Å². The Morgan fingerprint density at radius 3 is 2.32 bits per heavy atom. The van der Waals surface area contributed by atoms with Crippen LogP contribution in [0.1, 0.15) is 13.8 Å². The smallest absolute Gasteiger partial charge is 0.330 e. The molecule has 0 aromatic rings. The van der Waals surface area contributed by atoms with E-state index in [-0.39, 0.29) is 0 Å². The molecule has 0 heterocycles. The third-order valence-electron chi connectivity index (χ3n) is 2.56. The third-order valence-corrected chi connectivity index (χ3v) is 2.56. The van der Waals surface area contributed by atoms with Crippen molar-refractivity contribution >= 4 is 17.9 Å². The molecule has 0 aliphatic carbocycles. The van der Waals surface area contributed by atoms with Crippen LogP contribution in [0.5, 0.6) is 0 Å². The molecular weight excluding hydrogens is 286 g/mol. The topological polar surface area (TPSA) is 108 Å². The Kier molecular flexibility index (Phi) is 8.69. The number of aliphatic carboxylic acids is 1. The molecule has 0 rings (SSSR count). The summed E-state index contributed by atoms with van der Waals surface area (Å²) in [5, 5.41) is 16.0. The number of urea groups is 1. The first-order valence-electron chi connectivity index (χ1n) is 6.48. The van der Waals surface area contributed by atoms with Crippen molar-refractivity contribution in [1.82, 2.24) is 16.0 Å². The summed E-state index contributed by atoms with van der Waals surface area (Å²) in [6.45, 7) is 6.97. The number of rotatable bonds is 7. The number of hydrogen-bond donors (Lipinski definition) is 4. The van der Waals surface area contributed by atoms with Crippen molar-refractivity contribution in [2.24, 2.45) is 0 Å². The van der Waals surface area contributed by atoms with Gasteiger partial charge in [0.25, 0.3) is 0 Å². The lowest BCUT2D eigenvalue weighted by atomic mass is 10.2. The van der Waals surface area contributed by atoms with Crippen LogP contribution >= 0.6 is 0 Å². The second-order valence-corrected chi connectivity index (χ2v) is 4.34. The van der Waals surface area contributed by atoms with E-state index in [1.165, 1.54) is 7.05 Å². The molecule has 0 aromatic heterocycles. The zero-order valence-electron chi connectivity index (χ0n) is 12.8. The Morgan fingerprint density at radius 2 is 1.82 bits per heavy atom. The minimum absolute atomic E-state index is 0.347. The lowest BCUT2D eigenvalue weighted by Gasteiger charge is -2.10. The molecule has 0 fully saturated rings. The summed E-state index contributed by atoms with van der Waals surface area (Å²) in [4.78, 5) is 33.9. The fourth-order valence-electron chi connectivity index (χ4n) is 1.14. The van der Waals surface area contributed by atoms with Crippen molar-refractivity contribution in [3.05, 3.63) is 48.2 Å². The molecule has 0 saturated heterocycles. The van der Waals surface area contributed by atoms with Crippen LogP contribution in [0.15, 0.2) is 48.2 Å². The van der Waals surface area contributed by atoms with Gasteiger partial charge in [0.15, 0.2) is 0 Å². The average Bonchev–Trinajstić information content (AvgIpc) is 2.50. The fraction of sp³-hybridized carbons (Fsp3) is 0.267. The Balaban J connectivity index is 4.82. The first-order valence-corrected chi connectivity index (χ1v) is 6.48. The largest absolute Gasteiger partial charge is 0.479 e. The molecule has 0 spiro atoms. The maximum Gasteiger partial charge on any atom is 0.330 e. The van der Waals surface area contributed by atoms with E-state index in [9.17, 15) is 14.4 Å². The van der Waals surface area contributed by atoms with Crippen LogP contribution in [0, 0.1) is 0 Å². The molecule has 0 aliphatic rings. The van der Waals surface area contributed by atoms with Crippen molar-refractivity contribution in [1.29, 1.82) is 0 Å². The Morgan fingerprint density at radius 1 is 1.18 bits per heavy atom. The molecule has 120 valence electrons. The van der Waals surface area contributed by atoms with E-state index in [0.717, 1.165) is 17.8 Å². The second kappa shape index (κ2) is 9.98. The predicted molar refractivity (Wildman–Crippen MR) is 84.0 cm³/mol. The lowest BCUT2D eigenvalue weighted by Crippen LogP contribution is -2.40. The van der Waals surface area contributed by atoms with E-state index < -0.39 is 23.9 Å². The van der Waals surface area contributed by atoms with Gasteiger partial charge in [0, 0.05) is 18.8 Å². The third kappa shape index (κ3) is 7.68. The van der Waals surface area contributed by atoms with E-state index in [4.69, 9.17) is 5.11 Å². The van der Waals surface area contributed by atoms with E-state index in [0.29, 0.717) is 5.57 Å². The highest BCUT2D eigenvalue weighted by atomic mass is 16.4. The average molecular weight is 307 g/mol. The minimum Gasteiger partial charge on any atom is -0.479 e. The highest BCUT2D eigenvalue weighted by Crippen LogP contribution is 2.00. The van der Waals surface area contributed by atoms with Gasteiger partial charge in [0.2, 0.25) is 5.91 Å². The van der Waals surface area contributed by atoms with Crippen molar-refractivity contribution in [3.63, 3.8) is 0 Å². The van der Waals surface area contributed by atoms with Crippen LogP contribution in [0.25, 0.3) is 0 Å². The summed E-state index contributed by atoms with van der Waals surface area (Å²) < 4.78 is 0. The summed E-state index contributed by atoms with van der Waals surface area (Å²) in [5.41, 5.74) is 1.22. The van der Waals surface area contributed by atoms with Crippen molar-refractivity contribution < 1.29 is 19.5 Å². The molecule has 3 amide bonds. The first-order chi connectivity index (χ1) is 10.3. The zero-order chi connectivity index (χ0) is 17.1. The lowest BCUT2D eigenvalue weighted by molar-refractivity contribution is -0.139. The molecular formula is C15H21N3O4. The van der Waals surface area contributed by atoms with Gasteiger partial charge in [-0.2, -0.15) is 0 Å². The summed E-state index contributed by atoms with van der Waals surface area (Å²) >= 11 is 0. The number of allylic oxidation sites excluding steroid dienone is 4. The standard InChI is InChI=1S/C15H21N3O4/c1-5-10(2)6-7-11(3)13(19)18-12(14(20)21)8-9-17-15(22)16-4/h5-9,12H,1H2,2-4H3,(H,18,19)(H,20,21)(H2,16,17,22)/b9-8?,10-6-,11-7+. The maximum absolute atomic E-state index is 11.9. The number of hydrogen-bond acceptors (Lipinski definition) is 3. The second-order valence-electron chi connectivity index (χ2n) is 4.34. The molecule has 0 radical (unpaired) electrons. The molecule has 0 aromatic carbocycles. The van der Waals surface area contributed by atoms with E-state index in [1.807, 2.05) is 6.92 Å². The van der Waals surface area contributed by atoms with Gasteiger partial charge in [0.1, 0.15) is 6.04 Å². The number of nitrogens with one attached hydrogen (secondary N) is 3. The van der Waals surface area contributed by atoms with Gasteiger partial charge < -0.3 is 21.1 Å².